The zero-order valence-electron chi connectivity index (χ0n) is 17.8. The van der Waals surface area contributed by atoms with E-state index in [1.165, 1.54) is 0 Å². The molecule has 0 unspecified atom stereocenters. The minimum Gasteiger partial charge on any atom is -0.399 e. The highest BCUT2D eigenvalue weighted by atomic mass is 16.7. The molecule has 140 valence electrons. The molecule has 1 aromatic rings. The highest BCUT2D eigenvalue weighted by Gasteiger charge is 2.53. The average molecular weight is 347 g/mol. The smallest absolute Gasteiger partial charge is 0.399 e. The first-order valence-corrected chi connectivity index (χ1v) is 9.06. The molecule has 2 rings (SSSR count). The summed E-state index contributed by atoms with van der Waals surface area (Å²) in [5.74, 6) is 0.648. The lowest BCUT2D eigenvalue weighted by Crippen LogP contribution is -2.43. The van der Waals surface area contributed by atoms with E-state index < -0.39 is 7.12 Å². The molecule has 1 aliphatic rings. The number of aryl methyl sites for hydroxylation is 1. The van der Waals surface area contributed by atoms with Crippen LogP contribution in [0.4, 0.5) is 5.95 Å². The van der Waals surface area contributed by atoms with Crippen molar-refractivity contribution in [1.29, 1.82) is 0 Å². The Balaban J connectivity index is 2.55. The van der Waals surface area contributed by atoms with Crippen molar-refractivity contribution >= 4 is 18.5 Å². The third kappa shape index (κ3) is 4.17. The zero-order chi connectivity index (χ0) is 19.4. The van der Waals surface area contributed by atoms with Crippen LogP contribution in [-0.2, 0) is 14.7 Å². The Hall–Kier alpha value is -1.14. The molecule has 0 aromatic carbocycles. The van der Waals surface area contributed by atoms with E-state index in [-0.39, 0.29) is 22.2 Å². The van der Waals surface area contributed by atoms with Crippen molar-refractivity contribution in [2.75, 3.05) is 5.32 Å². The Morgan fingerprint density at radius 2 is 1.36 bits per heavy atom. The largest absolute Gasteiger partial charge is 0.498 e. The standard InChI is InChI=1S/C19H34BN3O2/c1-12-13(20-24-18(8,9)19(10,11)25-20)14(16(2,3)4)22-15(21-12)23-17(5,6)7/h1-11H3,(H,21,22,23). The Kier molecular flexibility index (Phi) is 4.80. The zero-order valence-corrected chi connectivity index (χ0v) is 17.8. The number of rotatable bonds is 2. The minimum absolute atomic E-state index is 0.104. The fourth-order valence-corrected chi connectivity index (χ4v) is 2.79. The van der Waals surface area contributed by atoms with Crippen LogP contribution >= 0.6 is 0 Å². The third-order valence-electron chi connectivity index (χ3n) is 4.82. The number of nitrogens with zero attached hydrogens (tertiary/aromatic N) is 2. The highest BCUT2D eigenvalue weighted by Crippen LogP contribution is 2.37. The van der Waals surface area contributed by atoms with Gasteiger partial charge in [-0.05, 0) is 55.4 Å². The van der Waals surface area contributed by atoms with E-state index in [1.54, 1.807) is 0 Å². The van der Waals surface area contributed by atoms with Crippen LogP contribution < -0.4 is 10.8 Å². The maximum absolute atomic E-state index is 6.28. The highest BCUT2D eigenvalue weighted by molar-refractivity contribution is 6.63. The molecule has 2 heterocycles. The quantitative estimate of drug-likeness (QED) is 0.829. The van der Waals surface area contributed by atoms with Gasteiger partial charge in [0.05, 0.1) is 16.9 Å². The third-order valence-corrected chi connectivity index (χ3v) is 4.82. The number of aromatic nitrogens is 2. The van der Waals surface area contributed by atoms with Gasteiger partial charge in [0.25, 0.3) is 0 Å². The predicted molar refractivity (Wildman–Crippen MR) is 105 cm³/mol. The van der Waals surface area contributed by atoms with E-state index in [1.807, 2.05) is 6.92 Å². The molecular formula is C19H34BN3O2. The van der Waals surface area contributed by atoms with Gasteiger partial charge in [0.2, 0.25) is 5.95 Å². The molecule has 1 aliphatic heterocycles. The Morgan fingerprint density at radius 3 is 1.76 bits per heavy atom. The summed E-state index contributed by atoms with van der Waals surface area (Å²) >= 11 is 0. The first-order valence-electron chi connectivity index (χ1n) is 9.06. The number of hydrogen-bond donors (Lipinski definition) is 1. The second-order valence-corrected chi connectivity index (χ2v) is 10.1. The summed E-state index contributed by atoms with van der Waals surface area (Å²) in [6.45, 7) is 23.0. The van der Waals surface area contributed by atoms with Crippen LogP contribution in [0.5, 0.6) is 0 Å². The maximum atomic E-state index is 6.28. The molecule has 0 aliphatic carbocycles. The van der Waals surface area contributed by atoms with E-state index in [4.69, 9.17) is 19.3 Å². The summed E-state index contributed by atoms with van der Waals surface area (Å²) in [5.41, 5.74) is 1.78. The van der Waals surface area contributed by atoms with Gasteiger partial charge in [0, 0.05) is 22.1 Å². The summed E-state index contributed by atoms with van der Waals surface area (Å²) in [4.78, 5) is 9.54. The van der Waals surface area contributed by atoms with Crippen LogP contribution in [-0.4, -0.2) is 33.8 Å². The maximum Gasteiger partial charge on any atom is 0.498 e. The van der Waals surface area contributed by atoms with Gasteiger partial charge >= 0.3 is 7.12 Å². The molecule has 0 saturated carbocycles. The van der Waals surface area contributed by atoms with Gasteiger partial charge in [0.1, 0.15) is 0 Å². The molecule has 5 nitrogen and oxygen atoms in total. The summed E-state index contributed by atoms with van der Waals surface area (Å²) in [6, 6.07) is 0. The van der Waals surface area contributed by atoms with Crippen molar-refractivity contribution < 1.29 is 9.31 Å². The summed E-state index contributed by atoms with van der Waals surface area (Å²) < 4.78 is 12.6. The van der Waals surface area contributed by atoms with Crippen LogP contribution in [0.1, 0.15) is 80.6 Å². The van der Waals surface area contributed by atoms with Crippen molar-refractivity contribution in [2.45, 2.75) is 98.3 Å². The van der Waals surface area contributed by atoms with Crippen molar-refractivity contribution in [2.24, 2.45) is 0 Å². The second-order valence-electron chi connectivity index (χ2n) is 10.1. The summed E-state index contributed by atoms with van der Waals surface area (Å²) in [5, 5.41) is 3.38. The van der Waals surface area contributed by atoms with Crippen molar-refractivity contribution in [3.63, 3.8) is 0 Å². The van der Waals surface area contributed by atoms with Gasteiger partial charge in [-0.15, -0.1) is 0 Å². The van der Waals surface area contributed by atoms with Crippen LogP contribution in [0.15, 0.2) is 0 Å². The lowest BCUT2D eigenvalue weighted by molar-refractivity contribution is 0.00578. The molecule has 1 aromatic heterocycles. The van der Waals surface area contributed by atoms with E-state index >= 15 is 0 Å². The average Bonchev–Trinajstić information content (AvgIpc) is 2.53. The Bertz CT molecular complexity index is 642. The van der Waals surface area contributed by atoms with Crippen LogP contribution in [0.3, 0.4) is 0 Å². The number of anilines is 1. The topological polar surface area (TPSA) is 56.3 Å². The number of hydrogen-bond acceptors (Lipinski definition) is 5. The molecule has 25 heavy (non-hydrogen) atoms. The van der Waals surface area contributed by atoms with E-state index in [0.717, 1.165) is 16.9 Å². The van der Waals surface area contributed by atoms with Gasteiger partial charge in [-0.25, -0.2) is 9.97 Å². The molecule has 1 fully saturated rings. The van der Waals surface area contributed by atoms with Gasteiger partial charge in [0.15, 0.2) is 0 Å². The SMILES string of the molecule is Cc1nc(NC(C)(C)C)nc(C(C)(C)C)c1B1OC(C)(C)C(C)(C)O1. The molecule has 1 N–H and O–H groups in total. The molecule has 0 amide bonds. The van der Waals surface area contributed by atoms with E-state index in [9.17, 15) is 0 Å². The monoisotopic (exact) mass is 347 g/mol. The van der Waals surface area contributed by atoms with Crippen molar-refractivity contribution in [1.82, 2.24) is 9.97 Å². The summed E-state index contributed by atoms with van der Waals surface area (Å²) in [7, 11) is -0.456. The van der Waals surface area contributed by atoms with Crippen molar-refractivity contribution in [3.05, 3.63) is 11.4 Å². The van der Waals surface area contributed by atoms with Gasteiger partial charge in [-0.1, -0.05) is 20.8 Å². The van der Waals surface area contributed by atoms with E-state index in [0.29, 0.717) is 5.95 Å². The molecule has 6 heteroatoms. The van der Waals surface area contributed by atoms with Crippen molar-refractivity contribution in [3.8, 4) is 0 Å². The van der Waals surface area contributed by atoms with Gasteiger partial charge in [-0.2, -0.15) is 0 Å². The van der Waals surface area contributed by atoms with Crippen LogP contribution in [0.2, 0.25) is 0 Å². The predicted octanol–water partition coefficient (Wildman–Crippen LogP) is 3.59. The fourth-order valence-electron chi connectivity index (χ4n) is 2.79. The van der Waals surface area contributed by atoms with Gasteiger partial charge < -0.3 is 14.6 Å². The fraction of sp³-hybridized carbons (Fsp3) is 0.789. The first kappa shape index (κ1) is 20.2. The second kappa shape index (κ2) is 5.95. The molecular weight excluding hydrogens is 313 g/mol. The first-order chi connectivity index (χ1) is 11.0. The molecule has 0 bridgehead atoms. The molecule has 0 radical (unpaired) electrons. The lowest BCUT2D eigenvalue weighted by Gasteiger charge is -2.32. The van der Waals surface area contributed by atoms with E-state index in [2.05, 4.69) is 74.6 Å². The minimum atomic E-state index is -0.456. The van der Waals surface area contributed by atoms with Crippen LogP contribution in [0, 0.1) is 6.92 Å². The summed E-state index contributed by atoms with van der Waals surface area (Å²) in [6.07, 6.45) is 0. The molecule has 1 saturated heterocycles. The lowest BCUT2D eigenvalue weighted by atomic mass is 9.71. The van der Waals surface area contributed by atoms with Crippen LogP contribution in [0.25, 0.3) is 0 Å². The molecule has 0 atom stereocenters. The molecule has 0 spiro atoms. The van der Waals surface area contributed by atoms with Gasteiger partial charge in [-0.3, -0.25) is 0 Å². The Morgan fingerprint density at radius 1 is 0.880 bits per heavy atom. The normalized spacial score (nSPS) is 20.0. The number of nitrogens with one attached hydrogen (secondary N) is 1. The Labute approximate surface area is 153 Å².